The van der Waals surface area contributed by atoms with Crippen LogP contribution in [-0.2, 0) is 14.3 Å². The molecule has 0 unspecified atom stereocenters. The van der Waals surface area contributed by atoms with Crippen LogP contribution in [-0.4, -0.2) is 22.9 Å². The Hall–Kier alpha value is -2.87. The predicted octanol–water partition coefficient (Wildman–Crippen LogP) is 3.60. The van der Waals surface area contributed by atoms with E-state index in [1.54, 1.807) is 20.0 Å². The molecule has 0 radical (unpaired) electrons. The number of nitriles is 1. The summed E-state index contributed by atoms with van der Waals surface area (Å²) in [6.45, 7) is 3.59. The largest absolute Gasteiger partial charge is 0.463 e. The monoisotopic (exact) mass is 350 g/mol. The Morgan fingerprint density at radius 3 is 2.58 bits per heavy atom. The maximum absolute atomic E-state index is 13.2. The first-order chi connectivity index (χ1) is 12.5. The van der Waals surface area contributed by atoms with Crippen molar-refractivity contribution in [2.75, 3.05) is 0 Å². The molecule has 5 heteroatoms. The van der Waals surface area contributed by atoms with Crippen LogP contribution in [0, 0.1) is 23.2 Å². The van der Waals surface area contributed by atoms with E-state index in [9.17, 15) is 14.9 Å². The minimum Gasteiger partial charge on any atom is -0.463 e. The van der Waals surface area contributed by atoms with Crippen molar-refractivity contribution in [2.45, 2.75) is 38.8 Å². The van der Waals surface area contributed by atoms with Gasteiger partial charge in [0.05, 0.1) is 24.0 Å². The van der Waals surface area contributed by atoms with Gasteiger partial charge in [-0.05, 0) is 43.9 Å². The summed E-state index contributed by atoms with van der Waals surface area (Å²) in [5.41, 5.74) is 1.74. The Bertz CT molecular complexity index is 804. The molecule has 0 spiro atoms. The molecule has 1 amide bonds. The Morgan fingerprint density at radius 1 is 1.19 bits per heavy atom. The lowest BCUT2D eigenvalue weighted by molar-refractivity contribution is -0.158. The van der Waals surface area contributed by atoms with E-state index in [0.29, 0.717) is 12.8 Å². The zero-order valence-corrected chi connectivity index (χ0v) is 15.0. The van der Waals surface area contributed by atoms with Crippen LogP contribution in [0.1, 0.15) is 43.9 Å². The highest BCUT2D eigenvalue weighted by Crippen LogP contribution is 2.35. The third-order valence-electron chi connectivity index (χ3n) is 4.76. The lowest BCUT2D eigenvalue weighted by atomic mass is 9.81. The van der Waals surface area contributed by atoms with Crippen molar-refractivity contribution < 1.29 is 14.3 Å². The Balaban J connectivity index is 1.87. The highest BCUT2D eigenvalue weighted by Gasteiger charge is 2.40. The summed E-state index contributed by atoms with van der Waals surface area (Å²) >= 11 is 0. The number of ether oxygens (including phenoxy) is 1. The van der Waals surface area contributed by atoms with E-state index in [-0.39, 0.29) is 18.0 Å². The Kier molecular flexibility index (Phi) is 5.22. The molecule has 0 saturated heterocycles. The number of allylic oxidation sites excluding steroid dienone is 2. The number of esters is 1. The van der Waals surface area contributed by atoms with Crippen molar-refractivity contribution >= 4 is 18.0 Å². The maximum atomic E-state index is 13.2. The lowest BCUT2D eigenvalue weighted by Crippen LogP contribution is -2.42. The van der Waals surface area contributed by atoms with E-state index in [1.807, 2.05) is 42.5 Å². The first-order valence-corrected chi connectivity index (χ1v) is 8.87. The van der Waals surface area contributed by atoms with Gasteiger partial charge in [0.15, 0.2) is 0 Å². The van der Waals surface area contributed by atoms with E-state index in [2.05, 4.69) is 6.07 Å². The molecular weight excluding hydrogens is 328 g/mol. The van der Waals surface area contributed by atoms with Gasteiger partial charge in [0.2, 0.25) is 5.91 Å². The molecule has 0 bridgehead atoms. The molecule has 134 valence electrons. The smallest absolute Gasteiger partial charge is 0.310 e. The first kappa shape index (κ1) is 17.9. The van der Waals surface area contributed by atoms with Gasteiger partial charge in [-0.25, -0.2) is 0 Å². The van der Waals surface area contributed by atoms with Crippen LogP contribution in [0.2, 0.25) is 0 Å². The van der Waals surface area contributed by atoms with Crippen molar-refractivity contribution in [1.29, 1.82) is 5.26 Å². The molecule has 2 aliphatic rings. The second-order valence-corrected chi connectivity index (χ2v) is 6.86. The van der Waals surface area contributed by atoms with Crippen LogP contribution in [0.4, 0.5) is 0 Å². The number of rotatable bonds is 3. The summed E-state index contributed by atoms with van der Waals surface area (Å²) in [6, 6.07) is 9.08. The molecule has 5 nitrogen and oxygen atoms in total. The fourth-order valence-electron chi connectivity index (χ4n) is 3.50. The highest BCUT2D eigenvalue weighted by molar-refractivity contribution is 5.88. The minimum atomic E-state index is -0.684. The molecule has 3 atom stereocenters. The van der Waals surface area contributed by atoms with E-state index in [0.717, 1.165) is 11.1 Å². The molecule has 3 rings (SSSR count). The van der Waals surface area contributed by atoms with E-state index >= 15 is 0 Å². The van der Waals surface area contributed by atoms with Crippen molar-refractivity contribution in [2.24, 2.45) is 11.8 Å². The second-order valence-electron chi connectivity index (χ2n) is 6.86. The van der Waals surface area contributed by atoms with Gasteiger partial charge < -0.3 is 4.74 Å². The summed E-state index contributed by atoms with van der Waals surface area (Å²) < 4.78 is 5.34. The Labute approximate surface area is 153 Å². The standard InChI is InChI=1S/C21H22N2O3/c1-14(2)26-21(25)18-10-6-5-9-17(18)20(24)23-12-11-15-7-3-4-8-16(15)19(23)13-22/h3-8,11-12,14,17-19H,9-10H2,1-2H3/t17-,18-,19-/m0/s1. The van der Waals surface area contributed by atoms with Crippen LogP contribution in [0.15, 0.2) is 42.6 Å². The number of carbonyl (C=O) groups excluding carboxylic acids is 2. The molecule has 0 aromatic heterocycles. The van der Waals surface area contributed by atoms with Crippen LogP contribution >= 0.6 is 0 Å². The van der Waals surface area contributed by atoms with E-state index in [1.165, 1.54) is 4.90 Å². The molecular formula is C21H22N2O3. The van der Waals surface area contributed by atoms with Gasteiger partial charge in [-0.1, -0.05) is 36.4 Å². The summed E-state index contributed by atoms with van der Waals surface area (Å²) in [6.07, 6.45) is 8.05. The minimum absolute atomic E-state index is 0.211. The SMILES string of the molecule is CC(C)OC(=O)[C@H]1CC=CC[C@@H]1C(=O)N1C=Cc2ccccc2[C@@H]1C#N. The third-order valence-corrected chi connectivity index (χ3v) is 4.76. The third kappa shape index (κ3) is 3.41. The number of hydrogen-bond acceptors (Lipinski definition) is 4. The highest BCUT2D eigenvalue weighted by atomic mass is 16.5. The number of carbonyl (C=O) groups is 2. The number of benzene rings is 1. The maximum Gasteiger partial charge on any atom is 0.310 e. The van der Waals surface area contributed by atoms with Crippen LogP contribution in [0.5, 0.6) is 0 Å². The summed E-state index contributed by atoms with van der Waals surface area (Å²) in [7, 11) is 0. The van der Waals surface area contributed by atoms with Gasteiger partial charge in [0.25, 0.3) is 0 Å². The predicted molar refractivity (Wildman–Crippen MR) is 97.3 cm³/mol. The number of amides is 1. The normalized spacial score (nSPS) is 24.1. The zero-order chi connectivity index (χ0) is 18.7. The van der Waals surface area contributed by atoms with Gasteiger partial charge in [0, 0.05) is 6.20 Å². The van der Waals surface area contributed by atoms with Gasteiger partial charge in [-0.3, -0.25) is 14.5 Å². The fraction of sp³-hybridized carbons (Fsp3) is 0.381. The number of hydrogen-bond donors (Lipinski definition) is 0. The zero-order valence-electron chi connectivity index (χ0n) is 15.0. The molecule has 1 aromatic rings. The molecule has 1 aliphatic carbocycles. The lowest BCUT2D eigenvalue weighted by Gasteiger charge is -2.34. The fourth-order valence-corrected chi connectivity index (χ4v) is 3.50. The quantitative estimate of drug-likeness (QED) is 0.617. The van der Waals surface area contributed by atoms with Gasteiger partial charge >= 0.3 is 5.97 Å². The molecule has 1 heterocycles. The molecule has 1 aromatic carbocycles. The second kappa shape index (κ2) is 7.57. The molecule has 26 heavy (non-hydrogen) atoms. The molecule has 1 aliphatic heterocycles. The summed E-state index contributed by atoms with van der Waals surface area (Å²) in [5, 5.41) is 9.67. The topological polar surface area (TPSA) is 70.4 Å². The van der Waals surface area contributed by atoms with Crippen LogP contribution in [0.3, 0.4) is 0 Å². The van der Waals surface area contributed by atoms with Crippen molar-refractivity contribution in [3.63, 3.8) is 0 Å². The number of fused-ring (bicyclic) bond motifs is 1. The molecule has 0 fully saturated rings. The van der Waals surface area contributed by atoms with E-state index < -0.39 is 17.9 Å². The van der Waals surface area contributed by atoms with Gasteiger partial charge in [-0.2, -0.15) is 5.26 Å². The average molecular weight is 350 g/mol. The Morgan fingerprint density at radius 2 is 1.88 bits per heavy atom. The molecule has 0 saturated carbocycles. The molecule has 0 N–H and O–H groups in total. The van der Waals surface area contributed by atoms with Crippen molar-refractivity contribution in [1.82, 2.24) is 4.90 Å². The van der Waals surface area contributed by atoms with Gasteiger partial charge in [0.1, 0.15) is 6.04 Å². The average Bonchev–Trinajstić information content (AvgIpc) is 2.66. The van der Waals surface area contributed by atoms with Crippen molar-refractivity contribution in [3.8, 4) is 6.07 Å². The summed E-state index contributed by atoms with van der Waals surface area (Å²) in [4.78, 5) is 27.1. The first-order valence-electron chi connectivity index (χ1n) is 8.87. The summed E-state index contributed by atoms with van der Waals surface area (Å²) in [5.74, 6) is -1.59. The van der Waals surface area contributed by atoms with Crippen LogP contribution < -0.4 is 0 Å². The van der Waals surface area contributed by atoms with Crippen LogP contribution in [0.25, 0.3) is 6.08 Å². The van der Waals surface area contributed by atoms with E-state index in [4.69, 9.17) is 4.74 Å². The number of nitrogens with zero attached hydrogens (tertiary/aromatic N) is 2. The van der Waals surface area contributed by atoms with Crippen molar-refractivity contribution in [3.05, 3.63) is 53.7 Å². The van der Waals surface area contributed by atoms with Gasteiger partial charge in [-0.15, -0.1) is 0 Å².